The summed E-state index contributed by atoms with van der Waals surface area (Å²) in [6.07, 6.45) is 2.69. The van der Waals surface area contributed by atoms with Crippen molar-refractivity contribution in [1.82, 2.24) is 0 Å². The van der Waals surface area contributed by atoms with Crippen LogP contribution in [0, 0.1) is 6.92 Å². The van der Waals surface area contributed by atoms with Gasteiger partial charge >= 0.3 is 0 Å². The summed E-state index contributed by atoms with van der Waals surface area (Å²) in [7, 11) is 0. The molecule has 0 N–H and O–H groups in total. The molecule has 0 fully saturated rings. The average molecular weight is 176 g/mol. The topological polar surface area (TPSA) is 17.1 Å². The highest BCUT2D eigenvalue weighted by molar-refractivity contribution is 5.75. The second kappa shape index (κ2) is 4.80. The minimum Gasteiger partial charge on any atom is -0.300 e. The van der Waals surface area contributed by atoms with Gasteiger partial charge in [-0.05, 0) is 32.3 Å². The molecule has 0 saturated carbocycles. The van der Waals surface area contributed by atoms with E-state index in [-0.39, 0.29) is 5.78 Å². The molecule has 0 heterocycles. The van der Waals surface area contributed by atoms with Crippen molar-refractivity contribution in [3.63, 3.8) is 0 Å². The standard InChI is InChI=1S/C12H16O/c1-10-5-3-7-12(9-10)8-4-6-11(2)13/h3,5,7,9H,4,6,8H2,1-2H3. The van der Waals surface area contributed by atoms with E-state index in [0.717, 1.165) is 12.8 Å². The van der Waals surface area contributed by atoms with E-state index >= 15 is 0 Å². The van der Waals surface area contributed by atoms with Crippen molar-refractivity contribution in [3.05, 3.63) is 35.4 Å². The van der Waals surface area contributed by atoms with Gasteiger partial charge in [0, 0.05) is 6.42 Å². The number of benzene rings is 1. The maximum atomic E-state index is 10.7. The summed E-state index contributed by atoms with van der Waals surface area (Å²) in [5, 5.41) is 0. The van der Waals surface area contributed by atoms with Crippen LogP contribution >= 0.6 is 0 Å². The molecule has 1 aromatic rings. The number of rotatable bonds is 4. The Morgan fingerprint density at radius 3 is 2.77 bits per heavy atom. The molecule has 1 aromatic carbocycles. The highest BCUT2D eigenvalue weighted by Crippen LogP contribution is 2.07. The van der Waals surface area contributed by atoms with Crippen LogP contribution in [-0.4, -0.2) is 5.78 Å². The zero-order chi connectivity index (χ0) is 9.68. The number of hydrogen-bond donors (Lipinski definition) is 0. The fourth-order valence-electron chi connectivity index (χ4n) is 1.41. The van der Waals surface area contributed by atoms with Crippen LogP contribution in [-0.2, 0) is 11.2 Å². The highest BCUT2D eigenvalue weighted by atomic mass is 16.1. The van der Waals surface area contributed by atoms with Crippen molar-refractivity contribution in [2.24, 2.45) is 0 Å². The first kappa shape index (κ1) is 9.97. The van der Waals surface area contributed by atoms with E-state index in [4.69, 9.17) is 0 Å². The Hall–Kier alpha value is -1.11. The minimum absolute atomic E-state index is 0.285. The molecule has 0 amide bonds. The van der Waals surface area contributed by atoms with Gasteiger partial charge in [0.15, 0.2) is 0 Å². The molecule has 0 aliphatic rings. The first-order valence-electron chi connectivity index (χ1n) is 4.73. The molecular formula is C12H16O. The van der Waals surface area contributed by atoms with Gasteiger partial charge in [0.05, 0.1) is 0 Å². The second-order valence-corrected chi connectivity index (χ2v) is 3.54. The molecule has 0 spiro atoms. The molecule has 0 bridgehead atoms. The van der Waals surface area contributed by atoms with E-state index in [1.165, 1.54) is 11.1 Å². The molecule has 0 unspecified atom stereocenters. The highest BCUT2D eigenvalue weighted by Gasteiger charge is 1.96. The normalized spacial score (nSPS) is 10.0. The molecule has 70 valence electrons. The summed E-state index contributed by atoms with van der Waals surface area (Å²) < 4.78 is 0. The number of carbonyl (C=O) groups is 1. The van der Waals surface area contributed by atoms with Crippen molar-refractivity contribution in [2.45, 2.75) is 33.1 Å². The van der Waals surface area contributed by atoms with E-state index < -0.39 is 0 Å². The van der Waals surface area contributed by atoms with Crippen molar-refractivity contribution >= 4 is 5.78 Å². The largest absolute Gasteiger partial charge is 0.300 e. The Balaban J connectivity index is 2.41. The molecule has 0 aromatic heterocycles. The molecule has 13 heavy (non-hydrogen) atoms. The lowest BCUT2D eigenvalue weighted by atomic mass is 10.1. The van der Waals surface area contributed by atoms with E-state index in [0.29, 0.717) is 6.42 Å². The first-order chi connectivity index (χ1) is 6.18. The average Bonchev–Trinajstić information content (AvgIpc) is 2.03. The van der Waals surface area contributed by atoms with Crippen LogP contribution in [0.4, 0.5) is 0 Å². The van der Waals surface area contributed by atoms with Gasteiger partial charge < -0.3 is 4.79 Å². The van der Waals surface area contributed by atoms with Crippen molar-refractivity contribution in [3.8, 4) is 0 Å². The third-order valence-corrected chi connectivity index (χ3v) is 2.08. The molecular weight excluding hydrogens is 160 g/mol. The predicted octanol–water partition coefficient (Wildman–Crippen LogP) is 2.91. The van der Waals surface area contributed by atoms with Gasteiger partial charge in [-0.25, -0.2) is 0 Å². The van der Waals surface area contributed by atoms with Gasteiger partial charge in [-0.3, -0.25) is 0 Å². The zero-order valence-electron chi connectivity index (χ0n) is 8.34. The lowest BCUT2D eigenvalue weighted by Gasteiger charge is -2.00. The number of hydrogen-bond acceptors (Lipinski definition) is 1. The van der Waals surface area contributed by atoms with Crippen LogP contribution in [0.5, 0.6) is 0 Å². The Morgan fingerprint density at radius 2 is 2.15 bits per heavy atom. The van der Waals surface area contributed by atoms with Crippen LogP contribution in [0.3, 0.4) is 0 Å². The maximum Gasteiger partial charge on any atom is 0.129 e. The SMILES string of the molecule is CC(=O)CCCc1cccc(C)c1. The van der Waals surface area contributed by atoms with Crippen molar-refractivity contribution < 1.29 is 4.79 Å². The summed E-state index contributed by atoms with van der Waals surface area (Å²) in [6, 6.07) is 8.46. The molecule has 0 aliphatic heterocycles. The third kappa shape index (κ3) is 3.88. The number of carbonyl (C=O) groups excluding carboxylic acids is 1. The van der Waals surface area contributed by atoms with Gasteiger partial charge in [0.2, 0.25) is 0 Å². The van der Waals surface area contributed by atoms with Gasteiger partial charge in [-0.1, -0.05) is 29.8 Å². The lowest BCUT2D eigenvalue weighted by molar-refractivity contribution is -0.117. The quantitative estimate of drug-likeness (QED) is 0.689. The Bertz CT molecular complexity index is 289. The van der Waals surface area contributed by atoms with E-state index in [1.807, 2.05) is 0 Å². The van der Waals surface area contributed by atoms with Gasteiger partial charge in [0.1, 0.15) is 5.78 Å². The first-order valence-corrected chi connectivity index (χ1v) is 4.73. The fourth-order valence-corrected chi connectivity index (χ4v) is 1.41. The van der Waals surface area contributed by atoms with Crippen LogP contribution in [0.15, 0.2) is 24.3 Å². The molecule has 1 nitrogen and oxygen atoms in total. The fraction of sp³-hybridized carbons (Fsp3) is 0.417. The van der Waals surface area contributed by atoms with Crippen LogP contribution in [0.2, 0.25) is 0 Å². The molecule has 1 heteroatoms. The number of aryl methyl sites for hydroxylation is 2. The third-order valence-electron chi connectivity index (χ3n) is 2.08. The monoisotopic (exact) mass is 176 g/mol. The molecule has 1 rings (SSSR count). The summed E-state index contributed by atoms with van der Waals surface area (Å²) in [5.41, 5.74) is 2.63. The molecule has 0 saturated heterocycles. The van der Waals surface area contributed by atoms with Crippen LogP contribution in [0.25, 0.3) is 0 Å². The molecule has 0 radical (unpaired) electrons. The Kier molecular flexibility index (Phi) is 3.69. The van der Waals surface area contributed by atoms with E-state index in [1.54, 1.807) is 6.92 Å². The van der Waals surface area contributed by atoms with Crippen molar-refractivity contribution in [1.29, 1.82) is 0 Å². The van der Waals surface area contributed by atoms with Crippen LogP contribution < -0.4 is 0 Å². The summed E-state index contributed by atoms with van der Waals surface area (Å²) in [6.45, 7) is 3.74. The van der Waals surface area contributed by atoms with E-state index in [9.17, 15) is 4.79 Å². The predicted molar refractivity (Wildman–Crippen MR) is 54.8 cm³/mol. The minimum atomic E-state index is 0.285. The van der Waals surface area contributed by atoms with Crippen LogP contribution in [0.1, 0.15) is 30.9 Å². The van der Waals surface area contributed by atoms with Crippen molar-refractivity contribution in [2.75, 3.05) is 0 Å². The Labute approximate surface area is 79.8 Å². The molecule has 0 aliphatic carbocycles. The number of ketones is 1. The smallest absolute Gasteiger partial charge is 0.129 e. The zero-order valence-corrected chi connectivity index (χ0v) is 8.34. The summed E-state index contributed by atoms with van der Waals surface area (Å²) >= 11 is 0. The lowest BCUT2D eigenvalue weighted by Crippen LogP contribution is -1.92. The van der Waals surface area contributed by atoms with Gasteiger partial charge in [-0.15, -0.1) is 0 Å². The molecule has 0 atom stereocenters. The Morgan fingerprint density at radius 1 is 1.38 bits per heavy atom. The van der Waals surface area contributed by atoms with Gasteiger partial charge in [-0.2, -0.15) is 0 Å². The van der Waals surface area contributed by atoms with Gasteiger partial charge in [0.25, 0.3) is 0 Å². The maximum absolute atomic E-state index is 10.7. The summed E-state index contributed by atoms with van der Waals surface area (Å²) in [5.74, 6) is 0.285. The second-order valence-electron chi connectivity index (χ2n) is 3.54. The summed E-state index contributed by atoms with van der Waals surface area (Å²) in [4.78, 5) is 10.7. The van der Waals surface area contributed by atoms with E-state index in [2.05, 4.69) is 31.2 Å². The number of Topliss-reactive ketones (excluding diaryl/α,β-unsaturated/α-hetero) is 1.